The molecule has 1 atom stereocenters. The van der Waals surface area contributed by atoms with Crippen molar-refractivity contribution in [3.63, 3.8) is 0 Å². The number of thiophene rings is 1. The van der Waals surface area contributed by atoms with E-state index in [1.165, 1.54) is 29.8 Å². The van der Waals surface area contributed by atoms with Crippen LogP contribution in [0.15, 0.2) is 11.4 Å². The van der Waals surface area contributed by atoms with Gasteiger partial charge in [-0.3, -0.25) is 0 Å². The third kappa shape index (κ3) is 2.35. The van der Waals surface area contributed by atoms with E-state index in [9.17, 15) is 0 Å². The largest absolute Gasteiger partial charge is 0.396 e. The molecule has 2 heterocycles. The van der Waals surface area contributed by atoms with Crippen molar-refractivity contribution in [3.05, 3.63) is 21.9 Å². The van der Waals surface area contributed by atoms with Gasteiger partial charge in [0.2, 0.25) is 0 Å². The maximum Gasteiger partial charge on any atom is 0.0479 e. The summed E-state index contributed by atoms with van der Waals surface area (Å²) in [5.74, 6) is 0. The third-order valence-electron chi connectivity index (χ3n) is 2.81. The molecule has 2 nitrogen and oxygen atoms in total. The number of aliphatic hydroxyl groups excluding tert-OH is 1. The molecule has 78 valence electrons. The molecule has 0 aromatic carbocycles. The normalized spacial score (nSPS) is 21.6. The maximum absolute atomic E-state index is 8.91. The van der Waals surface area contributed by atoms with E-state index < -0.39 is 0 Å². The van der Waals surface area contributed by atoms with Gasteiger partial charge in [-0.1, -0.05) is 0 Å². The Morgan fingerprint density at radius 3 is 3.21 bits per heavy atom. The average Bonchev–Trinajstić information content (AvgIpc) is 2.80. The highest BCUT2D eigenvalue weighted by molar-refractivity contribution is 7.10. The van der Waals surface area contributed by atoms with E-state index >= 15 is 0 Å². The molecule has 1 aliphatic rings. The van der Waals surface area contributed by atoms with Gasteiger partial charge in [-0.15, -0.1) is 11.3 Å². The topological polar surface area (TPSA) is 32.3 Å². The summed E-state index contributed by atoms with van der Waals surface area (Å²) in [6.07, 6.45) is 4.57. The summed E-state index contributed by atoms with van der Waals surface area (Å²) in [6, 6.07) is 2.87. The number of hydrogen-bond donors (Lipinski definition) is 2. The summed E-state index contributed by atoms with van der Waals surface area (Å²) in [7, 11) is 0. The highest BCUT2D eigenvalue weighted by Crippen LogP contribution is 2.21. The van der Waals surface area contributed by atoms with Crippen LogP contribution in [0.3, 0.4) is 0 Å². The molecule has 1 unspecified atom stereocenters. The summed E-state index contributed by atoms with van der Waals surface area (Å²) >= 11 is 1.77. The summed E-state index contributed by atoms with van der Waals surface area (Å²) in [6.45, 7) is 1.44. The summed E-state index contributed by atoms with van der Waals surface area (Å²) in [5, 5.41) is 14.6. The Hall–Kier alpha value is -0.380. The maximum atomic E-state index is 8.91. The van der Waals surface area contributed by atoms with Crippen LogP contribution in [0.1, 0.15) is 23.3 Å². The molecular weight excluding hydrogens is 194 g/mol. The van der Waals surface area contributed by atoms with Crippen LogP contribution >= 0.6 is 11.3 Å². The van der Waals surface area contributed by atoms with Gasteiger partial charge in [0.05, 0.1) is 0 Å². The molecule has 14 heavy (non-hydrogen) atoms. The Bertz CT molecular complexity index is 279. The second-order valence-electron chi connectivity index (χ2n) is 3.84. The van der Waals surface area contributed by atoms with Gasteiger partial charge in [0.1, 0.15) is 0 Å². The zero-order valence-corrected chi connectivity index (χ0v) is 9.15. The van der Waals surface area contributed by atoms with Gasteiger partial charge in [-0.05, 0) is 42.8 Å². The van der Waals surface area contributed by atoms with Gasteiger partial charge < -0.3 is 10.4 Å². The van der Waals surface area contributed by atoms with Gasteiger partial charge in [0, 0.05) is 23.9 Å². The Morgan fingerprint density at radius 1 is 1.57 bits per heavy atom. The summed E-state index contributed by atoms with van der Waals surface area (Å²) in [4.78, 5) is 1.36. The Balaban J connectivity index is 1.96. The first-order valence-corrected chi connectivity index (χ1v) is 6.17. The molecule has 0 aliphatic carbocycles. The lowest BCUT2D eigenvalue weighted by molar-refractivity contribution is 0.300. The van der Waals surface area contributed by atoms with Crippen molar-refractivity contribution >= 4 is 11.3 Å². The van der Waals surface area contributed by atoms with Crippen LogP contribution in [0.25, 0.3) is 0 Å². The fourth-order valence-electron chi connectivity index (χ4n) is 2.07. The smallest absolute Gasteiger partial charge is 0.0479 e. The molecule has 2 N–H and O–H groups in total. The van der Waals surface area contributed by atoms with Gasteiger partial charge in [-0.25, -0.2) is 0 Å². The SMILES string of the molecule is OCCc1sccc1CC1CCCN1. The van der Waals surface area contributed by atoms with E-state index in [1.54, 1.807) is 11.3 Å². The monoisotopic (exact) mass is 211 g/mol. The molecule has 0 spiro atoms. The highest BCUT2D eigenvalue weighted by Gasteiger charge is 2.16. The van der Waals surface area contributed by atoms with Gasteiger partial charge >= 0.3 is 0 Å². The van der Waals surface area contributed by atoms with Gasteiger partial charge in [0.15, 0.2) is 0 Å². The van der Waals surface area contributed by atoms with E-state index in [-0.39, 0.29) is 6.61 Å². The van der Waals surface area contributed by atoms with Crippen LogP contribution in [0.4, 0.5) is 0 Å². The lowest BCUT2D eigenvalue weighted by Gasteiger charge is -2.10. The van der Waals surface area contributed by atoms with E-state index in [0.717, 1.165) is 12.8 Å². The van der Waals surface area contributed by atoms with Crippen molar-refractivity contribution in [2.45, 2.75) is 31.7 Å². The molecule has 2 rings (SSSR count). The van der Waals surface area contributed by atoms with Gasteiger partial charge in [0.25, 0.3) is 0 Å². The second kappa shape index (κ2) is 4.91. The minimum absolute atomic E-state index is 0.269. The Labute approximate surface area is 89.0 Å². The minimum atomic E-state index is 0.269. The number of hydrogen-bond acceptors (Lipinski definition) is 3. The predicted molar refractivity (Wildman–Crippen MR) is 59.8 cm³/mol. The molecule has 1 aromatic heterocycles. The standard InChI is InChI=1S/C11H17NOS/c13-6-3-11-9(4-7-14-11)8-10-2-1-5-12-10/h4,7,10,12-13H,1-3,5-6,8H2. The first-order chi connectivity index (χ1) is 6.90. The lowest BCUT2D eigenvalue weighted by Crippen LogP contribution is -2.23. The fraction of sp³-hybridized carbons (Fsp3) is 0.636. The minimum Gasteiger partial charge on any atom is -0.396 e. The van der Waals surface area contributed by atoms with E-state index in [2.05, 4.69) is 16.8 Å². The molecule has 0 amide bonds. The molecule has 1 saturated heterocycles. The number of aliphatic hydroxyl groups is 1. The van der Waals surface area contributed by atoms with Crippen molar-refractivity contribution in [3.8, 4) is 0 Å². The van der Waals surface area contributed by atoms with Crippen molar-refractivity contribution in [2.75, 3.05) is 13.2 Å². The molecule has 1 fully saturated rings. The predicted octanol–water partition coefficient (Wildman–Crippen LogP) is 1.58. The molecule has 0 saturated carbocycles. The number of rotatable bonds is 4. The summed E-state index contributed by atoms with van der Waals surface area (Å²) < 4.78 is 0. The van der Waals surface area contributed by atoms with Crippen LogP contribution in [0.2, 0.25) is 0 Å². The quantitative estimate of drug-likeness (QED) is 0.792. The molecular formula is C11H17NOS. The zero-order chi connectivity index (χ0) is 9.80. The van der Waals surface area contributed by atoms with Crippen LogP contribution in [0, 0.1) is 0 Å². The van der Waals surface area contributed by atoms with Crippen LogP contribution in [-0.2, 0) is 12.8 Å². The summed E-state index contributed by atoms with van der Waals surface area (Å²) in [5.41, 5.74) is 1.43. The fourth-order valence-corrected chi connectivity index (χ4v) is 2.97. The Kier molecular flexibility index (Phi) is 3.56. The molecule has 1 aromatic rings. The molecule has 0 bridgehead atoms. The van der Waals surface area contributed by atoms with Crippen molar-refractivity contribution in [1.29, 1.82) is 0 Å². The molecule has 3 heteroatoms. The zero-order valence-electron chi connectivity index (χ0n) is 8.33. The third-order valence-corrected chi connectivity index (χ3v) is 3.83. The molecule has 1 aliphatic heterocycles. The number of nitrogens with one attached hydrogen (secondary N) is 1. The van der Waals surface area contributed by atoms with Crippen LogP contribution < -0.4 is 5.32 Å². The first kappa shape index (κ1) is 10.1. The average molecular weight is 211 g/mol. The van der Waals surface area contributed by atoms with Crippen LogP contribution in [0.5, 0.6) is 0 Å². The van der Waals surface area contributed by atoms with E-state index in [0.29, 0.717) is 6.04 Å². The second-order valence-corrected chi connectivity index (χ2v) is 4.84. The Morgan fingerprint density at radius 2 is 2.50 bits per heavy atom. The van der Waals surface area contributed by atoms with Crippen molar-refractivity contribution in [1.82, 2.24) is 5.32 Å². The van der Waals surface area contributed by atoms with Crippen molar-refractivity contribution < 1.29 is 5.11 Å². The van der Waals surface area contributed by atoms with Crippen LogP contribution in [-0.4, -0.2) is 24.3 Å². The molecule has 0 radical (unpaired) electrons. The van der Waals surface area contributed by atoms with Crippen molar-refractivity contribution in [2.24, 2.45) is 0 Å². The van der Waals surface area contributed by atoms with Gasteiger partial charge in [-0.2, -0.15) is 0 Å². The lowest BCUT2D eigenvalue weighted by atomic mass is 10.0. The first-order valence-electron chi connectivity index (χ1n) is 5.29. The highest BCUT2D eigenvalue weighted by atomic mass is 32.1. The van der Waals surface area contributed by atoms with E-state index in [4.69, 9.17) is 5.11 Å². The van der Waals surface area contributed by atoms with E-state index in [1.807, 2.05) is 0 Å².